The molecule has 2 unspecified atom stereocenters. The maximum atomic E-state index is 12.8. The maximum absolute atomic E-state index is 12.8. The van der Waals surface area contributed by atoms with Gasteiger partial charge in [0, 0.05) is 19.3 Å². The predicted molar refractivity (Wildman–Crippen MR) is 270 cm³/mol. The molecule has 0 rings (SSSR count). The highest BCUT2D eigenvalue weighted by molar-refractivity contribution is 5.72. The predicted octanol–water partition coefficient (Wildman–Crippen LogP) is 14.2. The van der Waals surface area contributed by atoms with E-state index in [2.05, 4.69) is 135 Å². The summed E-state index contributed by atoms with van der Waals surface area (Å²) in [5, 5.41) is 9.65. The van der Waals surface area contributed by atoms with Crippen LogP contribution in [-0.4, -0.2) is 80.6 Å². The molecule has 0 aromatic rings. The monoisotopic (exact) mass is 889 g/mol. The Bertz CT molecular complexity index is 1450. The highest BCUT2D eigenvalue weighted by Gasteiger charge is 2.31. The van der Waals surface area contributed by atoms with Crippen molar-refractivity contribution in [1.82, 2.24) is 0 Å². The van der Waals surface area contributed by atoms with E-state index in [0.717, 1.165) is 89.9 Å². The van der Waals surface area contributed by atoms with Gasteiger partial charge in [-0.3, -0.25) is 9.59 Å². The third-order valence-electron chi connectivity index (χ3n) is 10.1. The Kier molecular flexibility index (Phi) is 42.3. The second-order valence-electron chi connectivity index (χ2n) is 17.0. The summed E-state index contributed by atoms with van der Waals surface area (Å²) in [6.07, 6.45) is 63.9. The number of carboxylic acid groups (broad SMARTS) is 1. The van der Waals surface area contributed by atoms with E-state index >= 15 is 0 Å². The van der Waals surface area contributed by atoms with Crippen LogP contribution in [0.3, 0.4) is 0 Å². The molecule has 64 heavy (non-hydrogen) atoms. The largest absolute Gasteiger partial charge is 0.477 e. The van der Waals surface area contributed by atoms with Gasteiger partial charge in [0.2, 0.25) is 0 Å². The molecule has 0 aliphatic rings. The molecule has 0 spiro atoms. The fourth-order valence-corrected chi connectivity index (χ4v) is 6.31. The van der Waals surface area contributed by atoms with Crippen LogP contribution in [0.5, 0.6) is 0 Å². The lowest BCUT2D eigenvalue weighted by Gasteiger charge is -2.31. The summed E-state index contributed by atoms with van der Waals surface area (Å²) in [7, 11) is 5.49. The second-order valence-corrected chi connectivity index (χ2v) is 17.0. The zero-order valence-corrected chi connectivity index (χ0v) is 40.9. The quantitative estimate of drug-likeness (QED) is 0.0282. The number of ether oxygens (including phenoxy) is 3. The summed E-state index contributed by atoms with van der Waals surface area (Å²) >= 11 is 0. The van der Waals surface area contributed by atoms with Gasteiger partial charge in [0.15, 0.2) is 12.1 Å². The topological polar surface area (TPSA) is 99.1 Å². The molecule has 0 aromatic heterocycles. The maximum Gasteiger partial charge on any atom is 0.362 e. The Hall–Kier alpha value is -4.27. The van der Waals surface area contributed by atoms with Crippen molar-refractivity contribution in [3.05, 3.63) is 122 Å². The Morgan fingerprint density at radius 3 is 1.30 bits per heavy atom. The molecular formula is C56H90NO7+. The Morgan fingerprint density at radius 2 is 0.875 bits per heavy atom. The van der Waals surface area contributed by atoms with Crippen molar-refractivity contribution in [2.75, 3.05) is 41.0 Å². The molecular weight excluding hydrogens is 799 g/mol. The molecule has 0 saturated heterocycles. The van der Waals surface area contributed by atoms with Crippen LogP contribution in [0, 0.1) is 0 Å². The van der Waals surface area contributed by atoms with Gasteiger partial charge in [-0.15, -0.1) is 0 Å². The van der Waals surface area contributed by atoms with Crippen LogP contribution in [0.25, 0.3) is 0 Å². The van der Waals surface area contributed by atoms with Gasteiger partial charge in [0.05, 0.1) is 34.4 Å². The molecule has 8 heteroatoms. The first-order valence-corrected chi connectivity index (χ1v) is 24.6. The van der Waals surface area contributed by atoms with E-state index in [-0.39, 0.29) is 49.1 Å². The van der Waals surface area contributed by atoms with Crippen LogP contribution in [0.4, 0.5) is 0 Å². The average molecular weight is 889 g/mol. The van der Waals surface area contributed by atoms with Gasteiger partial charge in [0.1, 0.15) is 6.61 Å². The molecule has 0 aliphatic carbocycles. The van der Waals surface area contributed by atoms with Crippen molar-refractivity contribution in [1.29, 1.82) is 0 Å². The minimum absolute atomic E-state index is 0.0246. The summed E-state index contributed by atoms with van der Waals surface area (Å²) in [6.45, 7) is 4.49. The van der Waals surface area contributed by atoms with Crippen LogP contribution in [-0.2, 0) is 28.6 Å². The van der Waals surface area contributed by atoms with E-state index in [1.54, 1.807) is 0 Å². The SMILES string of the molecule is CC/C=C/C/C=C/C/C=C/C/C=C/C/C=C/CCCCCC(=O)OC(COCCC(C(=O)O)[N+](C)(C)C)COC(=O)CCCC/C=C/C/C=C/C/C=C/C/C=C/C/C=C/CCCCC. The summed E-state index contributed by atoms with van der Waals surface area (Å²) in [4.78, 5) is 37.1. The van der Waals surface area contributed by atoms with E-state index in [9.17, 15) is 19.5 Å². The number of hydrogen-bond acceptors (Lipinski definition) is 6. The molecule has 0 aromatic carbocycles. The number of carbonyl (C=O) groups is 3. The second kappa shape index (κ2) is 45.3. The summed E-state index contributed by atoms with van der Waals surface area (Å²) in [6, 6.07) is -0.636. The molecule has 0 fully saturated rings. The number of rotatable bonds is 42. The van der Waals surface area contributed by atoms with Crippen LogP contribution in [0.1, 0.15) is 162 Å². The van der Waals surface area contributed by atoms with Crippen molar-refractivity contribution in [2.45, 2.75) is 174 Å². The molecule has 0 amide bonds. The highest BCUT2D eigenvalue weighted by Crippen LogP contribution is 2.11. The number of carbonyl (C=O) groups excluding carboxylic acids is 2. The number of likely N-dealkylation sites (N-methyl/N-ethyl adjacent to an activating group) is 1. The van der Waals surface area contributed by atoms with Crippen molar-refractivity contribution in [3.8, 4) is 0 Å². The molecule has 0 bridgehead atoms. The molecule has 8 nitrogen and oxygen atoms in total. The molecule has 0 aliphatic heterocycles. The summed E-state index contributed by atoms with van der Waals surface area (Å²) < 4.78 is 17.2. The van der Waals surface area contributed by atoms with E-state index < -0.39 is 18.1 Å². The Labute approximate surface area is 391 Å². The van der Waals surface area contributed by atoms with Crippen molar-refractivity contribution in [3.63, 3.8) is 0 Å². The number of unbranched alkanes of at least 4 members (excludes halogenated alkanes) is 8. The lowest BCUT2D eigenvalue weighted by molar-refractivity contribution is -0.887. The molecule has 1 N–H and O–H groups in total. The van der Waals surface area contributed by atoms with Gasteiger partial charge in [-0.25, -0.2) is 4.79 Å². The Balaban J connectivity index is 4.46. The molecule has 360 valence electrons. The standard InChI is InChI=1S/C56H89NO7/c1-6-8-10-12-14-16-18-20-22-24-26-27-29-30-32-34-36-38-40-42-44-46-54(58)63-51-52(50-62-49-48-53(56(60)61)57(3,4)5)64-55(59)47-45-43-41-39-37-35-33-31-28-25-23-21-19-17-15-13-11-9-7-2/h9,11,14-17,20-23,26-28,30-32,35-38,52-53H,6-8,10,12-13,18-19,24-25,29,33-34,39-51H2,1-5H3/p+1/b11-9+,16-14+,17-15+,22-20+,23-21+,27-26+,31-28+,32-30+,37-35+,38-36+. The first-order chi connectivity index (χ1) is 31.1. The number of hydrogen-bond donors (Lipinski definition) is 1. The number of carboxylic acids is 1. The van der Waals surface area contributed by atoms with Crippen molar-refractivity contribution in [2.24, 2.45) is 0 Å². The fourth-order valence-electron chi connectivity index (χ4n) is 6.31. The van der Waals surface area contributed by atoms with Crippen LogP contribution >= 0.6 is 0 Å². The van der Waals surface area contributed by atoms with Crippen LogP contribution in [0.2, 0.25) is 0 Å². The molecule has 0 radical (unpaired) electrons. The van der Waals surface area contributed by atoms with E-state index in [1.165, 1.54) is 25.7 Å². The minimum atomic E-state index is -0.892. The van der Waals surface area contributed by atoms with Gasteiger partial charge in [-0.1, -0.05) is 155 Å². The van der Waals surface area contributed by atoms with E-state index in [4.69, 9.17) is 14.2 Å². The zero-order chi connectivity index (χ0) is 47.0. The van der Waals surface area contributed by atoms with Crippen LogP contribution < -0.4 is 0 Å². The highest BCUT2D eigenvalue weighted by atomic mass is 16.6. The normalized spacial score (nSPS) is 14.0. The first kappa shape index (κ1) is 59.7. The Morgan fingerprint density at radius 1 is 0.484 bits per heavy atom. The van der Waals surface area contributed by atoms with Gasteiger partial charge in [-0.05, 0) is 109 Å². The van der Waals surface area contributed by atoms with E-state index in [0.29, 0.717) is 19.3 Å². The number of esters is 2. The molecule has 0 saturated carbocycles. The van der Waals surface area contributed by atoms with Gasteiger partial charge in [-0.2, -0.15) is 0 Å². The average Bonchev–Trinajstić information content (AvgIpc) is 3.26. The number of aliphatic carboxylic acids is 1. The molecule has 0 heterocycles. The van der Waals surface area contributed by atoms with Crippen molar-refractivity contribution < 1.29 is 38.2 Å². The van der Waals surface area contributed by atoms with Gasteiger partial charge >= 0.3 is 17.9 Å². The van der Waals surface area contributed by atoms with Gasteiger partial charge in [0.25, 0.3) is 0 Å². The van der Waals surface area contributed by atoms with Crippen molar-refractivity contribution >= 4 is 17.9 Å². The lowest BCUT2D eigenvalue weighted by Crippen LogP contribution is -2.50. The summed E-state index contributed by atoms with van der Waals surface area (Å²) in [5.74, 6) is -1.58. The minimum Gasteiger partial charge on any atom is -0.477 e. The van der Waals surface area contributed by atoms with E-state index in [1.807, 2.05) is 21.1 Å². The molecule has 2 atom stereocenters. The lowest BCUT2D eigenvalue weighted by atomic mass is 10.1. The summed E-state index contributed by atoms with van der Waals surface area (Å²) in [5.41, 5.74) is 0. The number of quaternary nitrogens is 1. The van der Waals surface area contributed by atoms with Gasteiger partial charge < -0.3 is 23.8 Å². The third-order valence-corrected chi connectivity index (χ3v) is 10.1. The third kappa shape index (κ3) is 43.0. The smallest absolute Gasteiger partial charge is 0.362 e. The fraction of sp³-hybridized carbons (Fsp3) is 0.589. The van der Waals surface area contributed by atoms with Crippen LogP contribution in [0.15, 0.2) is 122 Å². The first-order valence-electron chi connectivity index (χ1n) is 24.6. The number of allylic oxidation sites excluding steroid dienone is 20. The zero-order valence-electron chi connectivity index (χ0n) is 40.9. The number of nitrogens with zero attached hydrogens (tertiary/aromatic N) is 1.